The smallest absolute Gasteiger partial charge is 0.252 e. The maximum absolute atomic E-state index is 12.6. The Labute approximate surface area is 236 Å². The Morgan fingerprint density at radius 1 is 1.12 bits per heavy atom. The van der Waals surface area contributed by atoms with E-state index in [-0.39, 0.29) is 18.3 Å². The summed E-state index contributed by atoms with van der Waals surface area (Å²) in [6.07, 6.45) is 6.33. The van der Waals surface area contributed by atoms with Gasteiger partial charge in [-0.15, -0.1) is 28.0 Å². The van der Waals surface area contributed by atoms with Gasteiger partial charge in [-0.25, -0.2) is 13.4 Å². The van der Waals surface area contributed by atoms with Crippen molar-refractivity contribution in [3.63, 3.8) is 0 Å². The molecule has 4 aromatic rings. The van der Waals surface area contributed by atoms with Crippen molar-refractivity contribution >= 4 is 50.9 Å². The highest BCUT2D eigenvalue weighted by Gasteiger charge is 2.33. The molecule has 1 amide bonds. The first kappa shape index (κ1) is 33.7. The Bertz CT molecular complexity index is 1540. The molecule has 0 aliphatic rings. The number of aromatic nitrogens is 3. The molecule has 0 spiro atoms. The predicted octanol–water partition coefficient (Wildman–Crippen LogP) is 1.77. The first-order valence-electron chi connectivity index (χ1n) is 11.3. The molecule has 0 aliphatic heterocycles. The van der Waals surface area contributed by atoms with Crippen molar-refractivity contribution in [3.8, 4) is 23.5 Å². The minimum absolute atomic E-state index is 0.0160. The lowest BCUT2D eigenvalue weighted by Gasteiger charge is -2.07. The Kier molecular flexibility index (Phi) is 14.0. The van der Waals surface area contributed by atoms with Gasteiger partial charge in [-0.05, 0) is 49.5 Å². The van der Waals surface area contributed by atoms with E-state index in [1.807, 2.05) is 37.8 Å². The number of carbonyl (C=O) groups is 3. The van der Waals surface area contributed by atoms with E-state index in [1.165, 1.54) is 18.4 Å². The van der Waals surface area contributed by atoms with Crippen LogP contribution in [-0.2, 0) is 26.0 Å². The Morgan fingerprint density at radius 3 is 2.42 bits per heavy atom. The summed E-state index contributed by atoms with van der Waals surface area (Å²) < 4.78 is 31.6. The molecule has 212 valence electrons. The van der Waals surface area contributed by atoms with Crippen molar-refractivity contribution in [1.82, 2.24) is 25.8 Å². The van der Waals surface area contributed by atoms with Crippen LogP contribution in [0.2, 0.25) is 0 Å². The number of carbonyl (C=O) groups excluding carboxylic acids is 3. The highest BCUT2D eigenvalue weighted by Crippen LogP contribution is 2.36. The summed E-state index contributed by atoms with van der Waals surface area (Å²) in [4.78, 5) is 32.8. The van der Waals surface area contributed by atoms with E-state index in [0.717, 1.165) is 22.1 Å². The Morgan fingerprint density at radius 2 is 1.80 bits per heavy atom. The summed E-state index contributed by atoms with van der Waals surface area (Å²) in [5.41, 5.74) is 7.33. The molecular weight excluding hydrogens is 556 g/mol. The minimum Gasteiger partial charge on any atom is -0.422 e. The molecule has 0 saturated carbocycles. The standard InChI is InChI=1S/C23H21N5O4S2.CH5N.2CH2O/c1-4-10-25-21(29)16-7-5-6-14(11-16)15-8-9-17-18(12-15)33-23(26-17)20(34(3,30)31)22-28-27-19(32-22)13-24-2;3*1-2/h1,5-9,11-12,20,24H,10,13H2,2-3H3,(H,25,29);2H2,1H3;2*1H2. The quantitative estimate of drug-likeness (QED) is 0.255. The maximum Gasteiger partial charge on any atom is 0.252 e. The number of hydrogen-bond donors (Lipinski definition) is 3. The molecule has 12 nitrogen and oxygen atoms in total. The molecule has 40 heavy (non-hydrogen) atoms. The first-order chi connectivity index (χ1) is 19.3. The largest absolute Gasteiger partial charge is 0.422 e. The van der Waals surface area contributed by atoms with E-state index in [4.69, 9.17) is 20.4 Å². The van der Waals surface area contributed by atoms with Gasteiger partial charge in [-0.2, -0.15) is 0 Å². The van der Waals surface area contributed by atoms with Crippen LogP contribution in [0.5, 0.6) is 0 Å². The zero-order valence-corrected chi connectivity index (χ0v) is 23.8. The Hall–Kier alpha value is -4.29. The number of terminal acetylenes is 1. The van der Waals surface area contributed by atoms with Gasteiger partial charge in [0.15, 0.2) is 15.1 Å². The second-order valence-electron chi connectivity index (χ2n) is 7.48. The van der Waals surface area contributed by atoms with Crippen molar-refractivity contribution < 1.29 is 27.2 Å². The van der Waals surface area contributed by atoms with Crippen LogP contribution < -0.4 is 16.4 Å². The van der Waals surface area contributed by atoms with E-state index in [0.29, 0.717) is 28.5 Å². The van der Waals surface area contributed by atoms with Crippen LogP contribution in [0.1, 0.15) is 32.4 Å². The third-order valence-electron chi connectivity index (χ3n) is 4.90. The number of nitrogens with zero attached hydrogens (tertiary/aromatic N) is 3. The molecule has 0 fully saturated rings. The van der Waals surface area contributed by atoms with Crippen LogP contribution >= 0.6 is 11.3 Å². The molecular formula is C26H30N6O6S2. The molecule has 0 aliphatic carbocycles. The van der Waals surface area contributed by atoms with Gasteiger partial charge in [0.2, 0.25) is 11.8 Å². The van der Waals surface area contributed by atoms with Gasteiger partial charge < -0.3 is 30.4 Å². The van der Waals surface area contributed by atoms with Gasteiger partial charge in [0.1, 0.15) is 18.6 Å². The number of hydrogen-bond acceptors (Lipinski definition) is 12. The lowest BCUT2D eigenvalue weighted by molar-refractivity contribution is -0.0987. The van der Waals surface area contributed by atoms with Gasteiger partial charge in [0.05, 0.1) is 23.3 Å². The van der Waals surface area contributed by atoms with Crippen LogP contribution in [0.3, 0.4) is 0 Å². The average molecular weight is 587 g/mol. The third-order valence-corrected chi connectivity index (χ3v) is 7.41. The van der Waals surface area contributed by atoms with Crippen LogP contribution in [-0.4, -0.2) is 70.0 Å². The van der Waals surface area contributed by atoms with E-state index < -0.39 is 15.1 Å². The van der Waals surface area contributed by atoms with Crippen molar-refractivity contribution in [3.05, 3.63) is 64.8 Å². The van der Waals surface area contributed by atoms with Gasteiger partial charge in [-0.3, -0.25) is 4.79 Å². The second kappa shape index (κ2) is 16.6. The molecule has 1 atom stereocenters. The summed E-state index contributed by atoms with van der Waals surface area (Å²) in [5.74, 6) is 2.40. The van der Waals surface area contributed by atoms with E-state index in [9.17, 15) is 13.2 Å². The number of nitrogens with two attached hydrogens (primary N) is 1. The van der Waals surface area contributed by atoms with E-state index >= 15 is 0 Å². The number of thiazole rings is 1. The van der Waals surface area contributed by atoms with E-state index in [2.05, 4.69) is 37.5 Å². The number of sulfone groups is 1. The lowest BCUT2D eigenvalue weighted by Crippen LogP contribution is -2.23. The van der Waals surface area contributed by atoms with E-state index in [1.54, 1.807) is 25.2 Å². The molecule has 14 heteroatoms. The first-order valence-corrected chi connectivity index (χ1v) is 14.1. The van der Waals surface area contributed by atoms with Crippen molar-refractivity contribution in [2.24, 2.45) is 5.73 Å². The fraction of sp³-hybridized carbons (Fsp3) is 0.231. The SMILES string of the molecule is C#CCNC(=O)c1cccc(-c2ccc3nc(C(c4nnc(CNC)o4)S(C)(=O)=O)sc3c2)c1.C=O.C=O.CN. The fourth-order valence-electron chi connectivity index (χ4n) is 3.37. The van der Waals surface area contributed by atoms with Crippen LogP contribution in [0, 0.1) is 12.3 Å². The van der Waals surface area contributed by atoms with Gasteiger partial charge in [0.25, 0.3) is 5.91 Å². The summed E-state index contributed by atoms with van der Waals surface area (Å²) in [6.45, 7) is 4.48. The number of rotatable bonds is 8. The molecule has 0 bridgehead atoms. The van der Waals surface area contributed by atoms with Gasteiger partial charge >= 0.3 is 0 Å². The molecule has 0 saturated heterocycles. The van der Waals surface area contributed by atoms with Crippen molar-refractivity contribution in [1.29, 1.82) is 0 Å². The summed E-state index contributed by atoms with van der Waals surface area (Å²) in [5, 5.41) is 12.6. The summed E-state index contributed by atoms with van der Waals surface area (Å²) in [7, 11) is -0.408. The zero-order chi connectivity index (χ0) is 30.3. The number of amides is 1. The zero-order valence-electron chi connectivity index (χ0n) is 22.2. The topological polar surface area (TPSA) is 187 Å². The minimum atomic E-state index is -3.63. The van der Waals surface area contributed by atoms with Crippen LogP contribution in [0.15, 0.2) is 46.9 Å². The third kappa shape index (κ3) is 8.61. The van der Waals surface area contributed by atoms with Crippen LogP contribution in [0.4, 0.5) is 0 Å². The number of nitrogens with one attached hydrogen (secondary N) is 2. The van der Waals surface area contributed by atoms with Crippen molar-refractivity contribution in [2.75, 3.05) is 26.9 Å². The molecule has 2 aromatic carbocycles. The highest BCUT2D eigenvalue weighted by atomic mass is 32.2. The lowest BCUT2D eigenvalue weighted by atomic mass is 10.0. The molecule has 2 aromatic heterocycles. The Balaban J connectivity index is 0.00000125. The predicted molar refractivity (Wildman–Crippen MR) is 154 cm³/mol. The monoisotopic (exact) mass is 586 g/mol. The molecule has 2 heterocycles. The molecule has 4 rings (SSSR count). The number of fused-ring (bicyclic) bond motifs is 1. The molecule has 1 unspecified atom stereocenters. The number of benzene rings is 2. The highest BCUT2D eigenvalue weighted by molar-refractivity contribution is 7.91. The van der Waals surface area contributed by atoms with Gasteiger partial charge in [-0.1, -0.05) is 24.1 Å². The fourth-order valence-corrected chi connectivity index (χ4v) is 5.91. The molecule has 4 N–H and O–H groups in total. The molecule has 0 radical (unpaired) electrons. The van der Waals surface area contributed by atoms with Gasteiger partial charge in [0, 0.05) is 11.8 Å². The average Bonchev–Trinajstić information content (AvgIpc) is 3.61. The van der Waals surface area contributed by atoms with Crippen molar-refractivity contribution in [2.45, 2.75) is 11.8 Å². The maximum atomic E-state index is 12.6. The summed E-state index contributed by atoms with van der Waals surface area (Å²) >= 11 is 1.25. The van der Waals surface area contributed by atoms with Crippen LogP contribution in [0.25, 0.3) is 21.3 Å². The second-order valence-corrected chi connectivity index (χ2v) is 10.7. The summed E-state index contributed by atoms with van der Waals surface area (Å²) in [6, 6.07) is 12.8. The normalized spacial score (nSPS) is 10.9.